The monoisotopic (exact) mass is 354 g/mol. The van der Waals surface area contributed by atoms with E-state index in [4.69, 9.17) is 0 Å². The zero-order chi connectivity index (χ0) is 17.4. The average Bonchev–Trinajstić information content (AvgIpc) is 2.96. The maximum atomic E-state index is 13.2. The summed E-state index contributed by atoms with van der Waals surface area (Å²) in [5.41, 5.74) is 3.15. The highest BCUT2D eigenvalue weighted by atomic mass is 32.2. The van der Waals surface area contributed by atoms with Crippen molar-refractivity contribution in [3.8, 4) is 0 Å². The Labute approximate surface area is 148 Å². The first-order valence-electron chi connectivity index (χ1n) is 8.75. The summed E-state index contributed by atoms with van der Waals surface area (Å²) in [6.45, 7) is 5.23. The van der Waals surface area contributed by atoms with Crippen LogP contribution in [0.4, 0.5) is 0 Å². The number of rotatable bonds is 3. The Kier molecular flexibility index (Phi) is 4.13. The third-order valence-corrected chi connectivity index (χ3v) is 6.83. The van der Waals surface area contributed by atoms with Gasteiger partial charge in [0, 0.05) is 24.7 Å². The smallest absolute Gasteiger partial charge is 0.268 e. The fourth-order valence-corrected chi connectivity index (χ4v) is 5.01. The summed E-state index contributed by atoms with van der Waals surface area (Å²) < 4.78 is 27.7. The molecule has 0 aliphatic carbocycles. The van der Waals surface area contributed by atoms with Gasteiger partial charge in [-0.05, 0) is 54.8 Å². The van der Waals surface area contributed by atoms with Gasteiger partial charge in [-0.15, -0.1) is 0 Å². The molecule has 3 aromatic rings. The van der Waals surface area contributed by atoms with Crippen LogP contribution in [0.25, 0.3) is 10.9 Å². The molecule has 0 atom stereocenters. The number of para-hydroxylation sites is 1. The summed E-state index contributed by atoms with van der Waals surface area (Å²) in [6.07, 6.45) is 3.53. The van der Waals surface area contributed by atoms with Crippen molar-refractivity contribution < 1.29 is 8.42 Å². The van der Waals surface area contributed by atoms with E-state index in [-0.39, 0.29) is 0 Å². The van der Waals surface area contributed by atoms with Gasteiger partial charge in [-0.1, -0.05) is 31.2 Å². The van der Waals surface area contributed by atoms with Gasteiger partial charge in [-0.3, -0.25) is 0 Å². The summed E-state index contributed by atoms with van der Waals surface area (Å²) in [5.74, 6) is 0. The maximum absolute atomic E-state index is 13.2. The molecule has 0 fully saturated rings. The van der Waals surface area contributed by atoms with E-state index in [0.717, 1.165) is 48.9 Å². The Morgan fingerprint density at radius 2 is 1.72 bits per heavy atom. The van der Waals surface area contributed by atoms with Gasteiger partial charge in [0.2, 0.25) is 0 Å². The van der Waals surface area contributed by atoms with Gasteiger partial charge >= 0.3 is 0 Å². The molecule has 1 aliphatic heterocycles. The number of hydrogen-bond acceptors (Lipinski definition) is 3. The van der Waals surface area contributed by atoms with Crippen molar-refractivity contribution in [2.24, 2.45) is 0 Å². The van der Waals surface area contributed by atoms with Crippen LogP contribution in [0.15, 0.2) is 59.6 Å². The van der Waals surface area contributed by atoms with Crippen LogP contribution in [0, 0.1) is 0 Å². The number of hydrogen-bond donors (Lipinski definition) is 0. The van der Waals surface area contributed by atoms with E-state index in [9.17, 15) is 8.42 Å². The lowest BCUT2D eigenvalue weighted by atomic mass is 10.0. The molecule has 130 valence electrons. The lowest BCUT2D eigenvalue weighted by molar-refractivity contribution is 0.303. The van der Waals surface area contributed by atoms with Crippen molar-refractivity contribution in [3.05, 3.63) is 65.9 Å². The van der Waals surface area contributed by atoms with Crippen LogP contribution in [0.5, 0.6) is 0 Å². The highest BCUT2D eigenvalue weighted by Crippen LogP contribution is 2.25. The predicted molar refractivity (Wildman–Crippen MR) is 100 cm³/mol. The molecule has 0 bridgehead atoms. The van der Waals surface area contributed by atoms with Gasteiger partial charge in [0.15, 0.2) is 0 Å². The standard InChI is InChI=1S/C20H22N2O2S/c1-2-21-12-9-16-7-8-19(15-18(16)10-13-21)25(23,24)22-14-11-17-5-3-4-6-20(17)22/h3-8,11,14-15H,2,9-10,12-13H2,1H3. The molecule has 1 aromatic heterocycles. The molecule has 25 heavy (non-hydrogen) atoms. The van der Waals surface area contributed by atoms with Crippen LogP contribution in [-0.2, 0) is 22.9 Å². The Balaban J connectivity index is 1.76. The summed E-state index contributed by atoms with van der Waals surface area (Å²) in [5, 5.41) is 0.930. The summed E-state index contributed by atoms with van der Waals surface area (Å²) in [7, 11) is -3.58. The Hall–Kier alpha value is -2.11. The second-order valence-electron chi connectivity index (χ2n) is 6.54. The van der Waals surface area contributed by atoms with E-state index in [2.05, 4.69) is 11.8 Å². The number of nitrogens with zero attached hydrogens (tertiary/aromatic N) is 2. The lowest BCUT2D eigenvalue weighted by Gasteiger charge is -2.16. The highest BCUT2D eigenvalue weighted by molar-refractivity contribution is 7.90. The van der Waals surface area contributed by atoms with Crippen molar-refractivity contribution in [1.29, 1.82) is 0 Å². The molecule has 2 aromatic carbocycles. The zero-order valence-corrected chi connectivity index (χ0v) is 15.2. The fourth-order valence-electron chi connectivity index (χ4n) is 3.61. The summed E-state index contributed by atoms with van der Waals surface area (Å²) in [4.78, 5) is 2.78. The van der Waals surface area contributed by atoms with Crippen LogP contribution >= 0.6 is 0 Å². The van der Waals surface area contributed by atoms with Gasteiger partial charge in [0.25, 0.3) is 10.0 Å². The minimum atomic E-state index is -3.58. The third kappa shape index (κ3) is 2.87. The Morgan fingerprint density at radius 1 is 0.960 bits per heavy atom. The molecule has 0 unspecified atom stereocenters. The first-order valence-corrected chi connectivity index (χ1v) is 10.2. The van der Waals surface area contributed by atoms with E-state index >= 15 is 0 Å². The van der Waals surface area contributed by atoms with Crippen molar-refractivity contribution in [1.82, 2.24) is 8.87 Å². The van der Waals surface area contributed by atoms with Crippen molar-refractivity contribution in [2.45, 2.75) is 24.7 Å². The topological polar surface area (TPSA) is 42.3 Å². The molecule has 5 heteroatoms. The van der Waals surface area contributed by atoms with Gasteiger partial charge in [0.05, 0.1) is 10.4 Å². The first kappa shape index (κ1) is 16.4. The fraction of sp³-hybridized carbons (Fsp3) is 0.300. The molecule has 0 spiro atoms. The largest absolute Gasteiger partial charge is 0.303 e. The predicted octanol–water partition coefficient (Wildman–Crippen LogP) is 3.30. The molecule has 2 heterocycles. The van der Waals surface area contributed by atoms with Crippen LogP contribution in [0.3, 0.4) is 0 Å². The molecule has 1 aliphatic rings. The molecule has 0 radical (unpaired) electrons. The van der Waals surface area contributed by atoms with Crippen molar-refractivity contribution in [3.63, 3.8) is 0 Å². The van der Waals surface area contributed by atoms with Gasteiger partial charge < -0.3 is 4.90 Å². The Bertz CT molecular complexity index is 1020. The number of likely N-dealkylation sites (N-methyl/N-ethyl adjacent to an activating group) is 1. The minimum Gasteiger partial charge on any atom is -0.303 e. The molecule has 4 rings (SSSR count). The molecule has 0 saturated carbocycles. The number of benzene rings is 2. The lowest BCUT2D eigenvalue weighted by Crippen LogP contribution is -2.25. The molecular formula is C20H22N2O2S. The zero-order valence-electron chi connectivity index (χ0n) is 14.4. The number of aromatic nitrogens is 1. The van der Waals surface area contributed by atoms with E-state index in [1.54, 1.807) is 12.3 Å². The van der Waals surface area contributed by atoms with Crippen molar-refractivity contribution in [2.75, 3.05) is 19.6 Å². The number of fused-ring (bicyclic) bond motifs is 2. The summed E-state index contributed by atoms with van der Waals surface area (Å²) in [6, 6.07) is 15.0. The average molecular weight is 354 g/mol. The Morgan fingerprint density at radius 3 is 2.52 bits per heavy atom. The van der Waals surface area contributed by atoms with Crippen LogP contribution in [0.2, 0.25) is 0 Å². The van der Waals surface area contributed by atoms with Gasteiger partial charge in [0.1, 0.15) is 0 Å². The first-order chi connectivity index (χ1) is 12.1. The second kappa shape index (κ2) is 6.32. The molecule has 0 saturated heterocycles. The molecule has 4 nitrogen and oxygen atoms in total. The maximum Gasteiger partial charge on any atom is 0.268 e. The third-order valence-electron chi connectivity index (χ3n) is 5.14. The SMILES string of the molecule is CCN1CCc2ccc(S(=O)(=O)n3ccc4ccccc43)cc2CC1. The van der Waals surface area contributed by atoms with E-state index in [1.807, 2.05) is 42.5 Å². The van der Waals surface area contributed by atoms with Crippen LogP contribution in [0.1, 0.15) is 18.1 Å². The molecule has 0 amide bonds. The quantitative estimate of drug-likeness (QED) is 0.725. The highest BCUT2D eigenvalue weighted by Gasteiger charge is 2.21. The van der Waals surface area contributed by atoms with Crippen LogP contribution in [-0.4, -0.2) is 36.9 Å². The van der Waals surface area contributed by atoms with Gasteiger partial charge in [-0.2, -0.15) is 0 Å². The van der Waals surface area contributed by atoms with E-state index < -0.39 is 10.0 Å². The summed E-state index contributed by atoms with van der Waals surface area (Å²) >= 11 is 0. The van der Waals surface area contributed by atoms with Gasteiger partial charge in [-0.25, -0.2) is 12.4 Å². The minimum absolute atomic E-state index is 0.373. The van der Waals surface area contributed by atoms with E-state index in [1.165, 1.54) is 9.54 Å². The van der Waals surface area contributed by atoms with E-state index in [0.29, 0.717) is 4.90 Å². The normalized spacial score (nSPS) is 15.9. The molecule has 0 N–H and O–H groups in total. The van der Waals surface area contributed by atoms with Crippen molar-refractivity contribution >= 4 is 20.9 Å². The second-order valence-corrected chi connectivity index (χ2v) is 8.36. The van der Waals surface area contributed by atoms with Crippen LogP contribution < -0.4 is 0 Å². The molecular weight excluding hydrogens is 332 g/mol.